The van der Waals surface area contributed by atoms with Gasteiger partial charge in [0.15, 0.2) is 0 Å². The number of halogens is 1. The van der Waals surface area contributed by atoms with Crippen LogP contribution in [-0.4, -0.2) is 40.9 Å². The lowest BCUT2D eigenvalue weighted by molar-refractivity contribution is -0.384. The van der Waals surface area contributed by atoms with E-state index in [2.05, 4.69) is 15.3 Å². The van der Waals surface area contributed by atoms with Gasteiger partial charge in [-0.1, -0.05) is 11.6 Å². The number of hydrogen-bond acceptors (Lipinski definition) is 6. The van der Waals surface area contributed by atoms with Crippen LogP contribution in [0.15, 0.2) is 6.33 Å². The average Bonchev–Trinajstić information content (AvgIpc) is 2.34. The molecule has 0 atom stereocenters. The Balaban J connectivity index is 3.17. The molecule has 0 bridgehead atoms. The summed E-state index contributed by atoms with van der Waals surface area (Å²) >= 11 is 5.68. The molecule has 98 valence electrons. The first-order valence-electron chi connectivity index (χ1n) is 5.11. The van der Waals surface area contributed by atoms with Crippen LogP contribution in [0.25, 0.3) is 0 Å². The highest BCUT2D eigenvalue weighted by molar-refractivity contribution is 6.31. The number of amides is 1. The second-order valence-electron chi connectivity index (χ2n) is 3.28. The molecule has 0 aromatic carbocycles. The molecule has 0 aliphatic carbocycles. The van der Waals surface area contributed by atoms with E-state index >= 15 is 0 Å². The van der Waals surface area contributed by atoms with Crippen LogP contribution in [0.5, 0.6) is 0 Å². The molecule has 18 heavy (non-hydrogen) atoms. The van der Waals surface area contributed by atoms with Crippen molar-refractivity contribution in [3.8, 4) is 0 Å². The summed E-state index contributed by atoms with van der Waals surface area (Å²) in [7, 11) is 1.48. The second kappa shape index (κ2) is 6.10. The van der Waals surface area contributed by atoms with E-state index in [1.54, 1.807) is 6.92 Å². The molecule has 1 aromatic rings. The minimum atomic E-state index is -0.663. The predicted octanol–water partition coefficient (Wildman–Crippen LogP) is 0.611. The highest BCUT2D eigenvalue weighted by Gasteiger charge is 2.26. The molecule has 1 amide bonds. The molecule has 1 aromatic heterocycles. The molecular weight excluding hydrogens is 262 g/mol. The lowest BCUT2D eigenvalue weighted by atomic mass is 10.4. The van der Waals surface area contributed by atoms with Crippen LogP contribution >= 0.6 is 11.6 Å². The summed E-state index contributed by atoms with van der Waals surface area (Å²) in [4.78, 5) is 30.4. The maximum Gasteiger partial charge on any atom is 0.348 e. The Kier molecular flexibility index (Phi) is 4.78. The first-order chi connectivity index (χ1) is 8.51. The fourth-order valence-electron chi connectivity index (χ4n) is 1.33. The molecule has 1 heterocycles. The lowest BCUT2D eigenvalue weighted by Gasteiger charge is -2.20. The Bertz CT molecular complexity index is 468. The normalized spacial score (nSPS) is 9.94. The monoisotopic (exact) mass is 273 g/mol. The number of carbonyl (C=O) groups is 1. The van der Waals surface area contributed by atoms with Gasteiger partial charge in [0.05, 0.1) is 11.5 Å². The molecule has 8 nitrogen and oxygen atoms in total. The zero-order valence-electron chi connectivity index (χ0n) is 9.88. The molecule has 0 unspecified atom stereocenters. The van der Waals surface area contributed by atoms with Crippen LogP contribution < -0.4 is 10.2 Å². The Hall–Kier alpha value is -1.96. The van der Waals surface area contributed by atoms with Gasteiger partial charge >= 0.3 is 5.69 Å². The smallest absolute Gasteiger partial charge is 0.348 e. The van der Waals surface area contributed by atoms with Crippen molar-refractivity contribution in [2.45, 2.75) is 6.92 Å². The van der Waals surface area contributed by atoms with Crippen molar-refractivity contribution in [2.24, 2.45) is 0 Å². The molecule has 0 aliphatic heterocycles. The van der Waals surface area contributed by atoms with Crippen LogP contribution in [0.2, 0.25) is 5.15 Å². The summed E-state index contributed by atoms with van der Waals surface area (Å²) in [5.41, 5.74) is -0.398. The summed E-state index contributed by atoms with van der Waals surface area (Å²) in [6.07, 6.45) is 1.12. The van der Waals surface area contributed by atoms with Crippen LogP contribution in [-0.2, 0) is 4.79 Å². The van der Waals surface area contributed by atoms with Gasteiger partial charge in [0.25, 0.3) is 0 Å². The summed E-state index contributed by atoms with van der Waals surface area (Å²) in [5, 5.41) is 13.1. The Morgan fingerprint density at radius 1 is 1.61 bits per heavy atom. The third-order valence-electron chi connectivity index (χ3n) is 2.24. The zero-order chi connectivity index (χ0) is 13.7. The van der Waals surface area contributed by atoms with Crippen molar-refractivity contribution in [3.05, 3.63) is 21.6 Å². The van der Waals surface area contributed by atoms with Gasteiger partial charge in [-0.3, -0.25) is 14.9 Å². The fraction of sp³-hybridized carbons (Fsp3) is 0.444. The quantitative estimate of drug-likeness (QED) is 0.479. The van der Waals surface area contributed by atoms with Crippen LogP contribution in [0.3, 0.4) is 0 Å². The van der Waals surface area contributed by atoms with Gasteiger partial charge < -0.3 is 10.2 Å². The van der Waals surface area contributed by atoms with Gasteiger partial charge in [-0.05, 0) is 6.92 Å². The van der Waals surface area contributed by atoms with Gasteiger partial charge in [0.2, 0.25) is 16.9 Å². The largest absolute Gasteiger partial charge is 0.358 e. The topological polar surface area (TPSA) is 101 Å². The number of carbonyl (C=O) groups excluding carboxylic acids is 1. The molecule has 0 radical (unpaired) electrons. The third kappa shape index (κ3) is 3.04. The molecule has 0 saturated heterocycles. The summed E-state index contributed by atoms with van der Waals surface area (Å²) in [6.45, 7) is 2.09. The number of anilines is 1. The van der Waals surface area contributed by atoms with Gasteiger partial charge in [-0.15, -0.1) is 0 Å². The molecule has 0 aliphatic rings. The molecule has 0 saturated carbocycles. The second-order valence-corrected chi connectivity index (χ2v) is 3.64. The number of rotatable bonds is 5. The van der Waals surface area contributed by atoms with Gasteiger partial charge in [-0.2, -0.15) is 0 Å². The van der Waals surface area contributed by atoms with E-state index in [4.69, 9.17) is 11.6 Å². The van der Waals surface area contributed by atoms with E-state index in [0.717, 1.165) is 6.33 Å². The first kappa shape index (κ1) is 14.1. The Morgan fingerprint density at radius 2 is 2.28 bits per heavy atom. The van der Waals surface area contributed by atoms with E-state index in [1.165, 1.54) is 11.9 Å². The summed E-state index contributed by atoms with van der Waals surface area (Å²) < 4.78 is 0. The SMILES string of the molecule is CCN(CC(=O)NC)c1ncnc(Cl)c1[N+](=O)[O-]. The highest BCUT2D eigenvalue weighted by atomic mass is 35.5. The maximum absolute atomic E-state index is 11.3. The zero-order valence-corrected chi connectivity index (χ0v) is 10.6. The standard InChI is InChI=1S/C9H12ClN5O3/c1-3-14(4-6(16)11-2)9-7(15(17)18)8(10)12-5-13-9/h5H,3-4H2,1-2H3,(H,11,16). The number of hydrogen-bond donors (Lipinski definition) is 1. The van der Waals surface area contributed by atoms with Crippen LogP contribution in [0, 0.1) is 10.1 Å². The number of aromatic nitrogens is 2. The minimum absolute atomic E-state index is 0.0334. The van der Waals surface area contributed by atoms with Crippen molar-refractivity contribution < 1.29 is 9.72 Å². The first-order valence-corrected chi connectivity index (χ1v) is 5.49. The molecule has 1 rings (SSSR count). The highest BCUT2D eigenvalue weighted by Crippen LogP contribution is 2.30. The molecule has 0 spiro atoms. The lowest BCUT2D eigenvalue weighted by Crippen LogP contribution is -2.36. The maximum atomic E-state index is 11.3. The van der Waals surface area contributed by atoms with E-state index in [1.807, 2.05) is 0 Å². The summed E-state index contributed by atoms with van der Waals surface area (Å²) in [6, 6.07) is 0. The van der Waals surface area contributed by atoms with Crippen LogP contribution in [0.1, 0.15) is 6.92 Å². The predicted molar refractivity (Wildman–Crippen MR) is 65.7 cm³/mol. The number of nitrogens with zero attached hydrogens (tertiary/aromatic N) is 4. The Labute approximate surface area is 108 Å². The van der Waals surface area contributed by atoms with Crippen molar-refractivity contribution in [1.82, 2.24) is 15.3 Å². The average molecular weight is 274 g/mol. The third-order valence-corrected chi connectivity index (χ3v) is 2.51. The van der Waals surface area contributed by atoms with Gasteiger partial charge in [0.1, 0.15) is 6.33 Å². The summed E-state index contributed by atoms with van der Waals surface area (Å²) in [5.74, 6) is -0.244. The number of likely N-dealkylation sites (N-methyl/N-ethyl adjacent to an activating group) is 2. The van der Waals surface area contributed by atoms with Crippen molar-refractivity contribution in [1.29, 1.82) is 0 Å². The van der Waals surface area contributed by atoms with E-state index < -0.39 is 10.6 Å². The minimum Gasteiger partial charge on any atom is -0.358 e. The fourth-order valence-corrected chi connectivity index (χ4v) is 1.52. The van der Waals surface area contributed by atoms with Crippen molar-refractivity contribution in [3.63, 3.8) is 0 Å². The van der Waals surface area contributed by atoms with E-state index in [9.17, 15) is 14.9 Å². The van der Waals surface area contributed by atoms with E-state index in [0.29, 0.717) is 6.54 Å². The van der Waals surface area contributed by atoms with Gasteiger partial charge in [0, 0.05) is 13.6 Å². The molecule has 9 heteroatoms. The van der Waals surface area contributed by atoms with Crippen LogP contribution in [0.4, 0.5) is 11.5 Å². The molecule has 0 fully saturated rings. The van der Waals surface area contributed by atoms with E-state index in [-0.39, 0.29) is 23.4 Å². The number of nitro groups is 1. The molecule has 1 N–H and O–H groups in total. The number of nitrogens with one attached hydrogen (secondary N) is 1. The Morgan fingerprint density at radius 3 is 2.78 bits per heavy atom. The van der Waals surface area contributed by atoms with Crippen molar-refractivity contribution in [2.75, 3.05) is 25.0 Å². The molecular formula is C9H12ClN5O3. The van der Waals surface area contributed by atoms with Crippen molar-refractivity contribution >= 4 is 29.0 Å². The van der Waals surface area contributed by atoms with Gasteiger partial charge in [-0.25, -0.2) is 9.97 Å².